The summed E-state index contributed by atoms with van der Waals surface area (Å²) in [5.74, 6) is 0. The topological polar surface area (TPSA) is 36.2 Å². The molecule has 0 spiro atoms. The fourth-order valence-corrected chi connectivity index (χ4v) is 1.30. The van der Waals surface area contributed by atoms with Crippen molar-refractivity contribution in [1.29, 1.82) is 0 Å². The van der Waals surface area contributed by atoms with Gasteiger partial charge in [0.25, 0.3) is 0 Å². The summed E-state index contributed by atoms with van der Waals surface area (Å²) in [5, 5.41) is 0. The van der Waals surface area contributed by atoms with E-state index in [9.17, 15) is 4.79 Å². The van der Waals surface area contributed by atoms with Crippen LogP contribution in [0.25, 0.3) is 0 Å². The number of methoxy groups -OCH3 is 1. The summed E-state index contributed by atoms with van der Waals surface area (Å²) in [4.78, 5) is 11.5. The summed E-state index contributed by atoms with van der Waals surface area (Å²) in [7, 11) is 1.58. The van der Waals surface area contributed by atoms with Gasteiger partial charge >= 0.3 is 5.69 Å². The average molecular weight is 168 g/mol. The molecular weight excluding hydrogens is 156 g/mol. The molecule has 0 aromatic carbocycles. The number of aromatic nitrogens is 2. The number of hydrogen-bond donors (Lipinski definition) is 0. The van der Waals surface area contributed by atoms with Gasteiger partial charge in [0.15, 0.2) is 0 Å². The van der Waals surface area contributed by atoms with Crippen LogP contribution in [0.1, 0.15) is 18.9 Å². The number of imidazole rings is 1. The summed E-state index contributed by atoms with van der Waals surface area (Å²) in [5.41, 5.74) is 0.0411. The minimum absolute atomic E-state index is 0.0411. The molecule has 1 saturated carbocycles. The molecule has 0 radical (unpaired) electrons. The standard InChI is InChI=1S/C8H12N2O2/c1-12-6-9-4-5-10(8(9)11)7-2-3-7/h4-5,7H,2-3,6H2,1H3. The van der Waals surface area contributed by atoms with Gasteiger partial charge in [0, 0.05) is 25.5 Å². The van der Waals surface area contributed by atoms with Crippen LogP contribution in [0.4, 0.5) is 0 Å². The third-order valence-electron chi connectivity index (χ3n) is 2.08. The van der Waals surface area contributed by atoms with Crippen molar-refractivity contribution < 1.29 is 4.74 Å². The number of nitrogens with zero attached hydrogens (tertiary/aromatic N) is 2. The molecule has 2 rings (SSSR count). The van der Waals surface area contributed by atoms with E-state index in [1.54, 1.807) is 22.4 Å². The molecule has 1 aliphatic rings. The smallest absolute Gasteiger partial charge is 0.330 e. The molecule has 0 atom stereocenters. The van der Waals surface area contributed by atoms with E-state index in [2.05, 4.69) is 0 Å². The van der Waals surface area contributed by atoms with Gasteiger partial charge in [-0.25, -0.2) is 4.79 Å². The third kappa shape index (κ3) is 1.18. The van der Waals surface area contributed by atoms with Crippen molar-refractivity contribution in [3.8, 4) is 0 Å². The maximum Gasteiger partial charge on any atom is 0.330 e. The molecule has 0 amide bonds. The first-order valence-electron chi connectivity index (χ1n) is 4.09. The van der Waals surface area contributed by atoms with E-state index in [1.807, 2.05) is 6.20 Å². The van der Waals surface area contributed by atoms with Crippen LogP contribution >= 0.6 is 0 Å². The van der Waals surface area contributed by atoms with Gasteiger partial charge in [-0.05, 0) is 12.8 Å². The predicted molar refractivity (Wildman–Crippen MR) is 44.0 cm³/mol. The zero-order valence-corrected chi connectivity index (χ0v) is 7.06. The third-order valence-corrected chi connectivity index (χ3v) is 2.08. The molecule has 1 aromatic heterocycles. The van der Waals surface area contributed by atoms with E-state index in [0.29, 0.717) is 12.8 Å². The second-order valence-corrected chi connectivity index (χ2v) is 3.11. The van der Waals surface area contributed by atoms with Crippen molar-refractivity contribution in [1.82, 2.24) is 9.13 Å². The maximum atomic E-state index is 11.5. The molecule has 0 N–H and O–H groups in total. The molecule has 4 heteroatoms. The summed E-state index contributed by atoms with van der Waals surface area (Å²) < 4.78 is 8.22. The number of rotatable bonds is 3. The van der Waals surface area contributed by atoms with E-state index in [1.165, 1.54) is 0 Å². The van der Waals surface area contributed by atoms with E-state index >= 15 is 0 Å². The Kier molecular flexibility index (Phi) is 1.77. The lowest BCUT2D eigenvalue weighted by atomic mass is 10.7. The zero-order valence-electron chi connectivity index (χ0n) is 7.06. The van der Waals surface area contributed by atoms with E-state index in [0.717, 1.165) is 12.8 Å². The Labute approximate surface area is 70.4 Å². The van der Waals surface area contributed by atoms with Crippen molar-refractivity contribution in [2.24, 2.45) is 0 Å². The molecule has 12 heavy (non-hydrogen) atoms. The lowest BCUT2D eigenvalue weighted by Gasteiger charge is -1.97. The average Bonchev–Trinajstić information content (AvgIpc) is 2.82. The molecule has 0 unspecified atom stereocenters. The van der Waals surface area contributed by atoms with Crippen LogP contribution in [-0.4, -0.2) is 16.2 Å². The second-order valence-electron chi connectivity index (χ2n) is 3.11. The Morgan fingerprint density at radius 2 is 2.33 bits per heavy atom. The van der Waals surface area contributed by atoms with Gasteiger partial charge in [-0.1, -0.05) is 0 Å². The van der Waals surface area contributed by atoms with Crippen LogP contribution in [0.5, 0.6) is 0 Å². The largest absolute Gasteiger partial charge is 0.364 e. The Balaban J connectivity index is 2.27. The van der Waals surface area contributed by atoms with Gasteiger partial charge in [-0.15, -0.1) is 0 Å². The first-order chi connectivity index (χ1) is 5.83. The number of hydrogen-bond acceptors (Lipinski definition) is 2. The predicted octanol–water partition coefficient (Wildman–Crippen LogP) is 0.589. The Hall–Kier alpha value is -1.03. The highest BCUT2D eigenvalue weighted by atomic mass is 16.5. The lowest BCUT2D eigenvalue weighted by Crippen LogP contribution is -2.23. The fraction of sp³-hybridized carbons (Fsp3) is 0.625. The molecule has 0 saturated heterocycles. The highest BCUT2D eigenvalue weighted by Crippen LogP contribution is 2.33. The molecule has 0 aliphatic heterocycles. The van der Waals surface area contributed by atoms with Gasteiger partial charge in [0.2, 0.25) is 0 Å². The van der Waals surface area contributed by atoms with Crippen molar-refractivity contribution >= 4 is 0 Å². The summed E-state index contributed by atoms with van der Waals surface area (Å²) >= 11 is 0. The Morgan fingerprint density at radius 3 is 2.92 bits per heavy atom. The van der Waals surface area contributed by atoms with Crippen molar-refractivity contribution in [3.05, 3.63) is 22.9 Å². The first-order valence-corrected chi connectivity index (χ1v) is 4.09. The molecule has 1 aliphatic carbocycles. The zero-order chi connectivity index (χ0) is 8.55. The summed E-state index contributed by atoms with van der Waals surface area (Å²) in [6, 6.07) is 0.454. The SMILES string of the molecule is COCn1ccn(C2CC2)c1=O. The normalized spacial score (nSPS) is 16.8. The number of ether oxygens (including phenoxy) is 1. The molecule has 4 nitrogen and oxygen atoms in total. The van der Waals surface area contributed by atoms with Gasteiger partial charge in [-0.2, -0.15) is 0 Å². The van der Waals surface area contributed by atoms with E-state index < -0.39 is 0 Å². The monoisotopic (exact) mass is 168 g/mol. The quantitative estimate of drug-likeness (QED) is 0.662. The first kappa shape index (κ1) is 7.61. The van der Waals surface area contributed by atoms with Crippen LogP contribution in [-0.2, 0) is 11.5 Å². The van der Waals surface area contributed by atoms with Gasteiger partial charge in [0.05, 0.1) is 0 Å². The van der Waals surface area contributed by atoms with E-state index in [4.69, 9.17) is 4.74 Å². The Morgan fingerprint density at radius 1 is 1.58 bits per heavy atom. The van der Waals surface area contributed by atoms with Crippen molar-refractivity contribution in [2.45, 2.75) is 25.6 Å². The van der Waals surface area contributed by atoms with Crippen LogP contribution in [0.2, 0.25) is 0 Å². The highest BCUT2D eigenvalue weighted by Gasteiger charge is 2.25. The maximum absolute atomic E-state index is 11.5. The van der Waals surface area contributed by atoms with Gasteiger partial charge in [-0.3, -0.25) is 9.13 Å². The molecule has 0 bridgehead atoms. The Bertz CT molecular complexity index is 322. The minimum atomic E-state index is 0.0411. The van der Waals surface area contributed by atoms with Crippen LogP contribution in [0.15, 0.2) is 17.2 Å². The van der Waals surface area contributed by atoms with E-state index in [-0.39, 0.29) is 5.69 Å². The molecule has 1 fully saturated rings. The molecule has 66 valence electrons. The summed E-state index contributed by atoms with van der Waals surface area (Å²) in [6.45, 7) is 0.346. The lowest BCUT2D eigenvalue weighted by molar-refractivity contribution is 0.127. The summed E-state index contributed by atoms with van der Waals surface area (Å²) in [6.07, 6.45) is 5.87. The molecule has 1 heterocycles. The van der Waals surface area contributed by atoms with Crippen LogP contribution in [0, 0.1) is 0 Å². The van der Waals surface area contributed by atoms with Crippen LogP contribution < -0.4 is 5.69 Å². The van der Waals surface area contributed by atoms with Crippen LogP contribution in [0.3, 0.4) is 0 Å². The fourth-order valence-electron chi connectivity index (χ4n) is 1.30. The van der Waals surface area contributed by atoms with Crippen molar-refractivity contribution in [3.63, 3.8) is 0 Å². The van der Waals surface area contributed by atoms with Gasteiger partial charge in [0.1, 0.15) is 6.73 Å². The molecule has 1 aromatic rings. The highest BCUT2D eigenvalue weighted by molar-refractivity contribution is 4.90. The van der Waals surface area contributed by atoms with Crippen molar-refractivity contribution in [2.75, 3.05) is 7.11 Å². The van der Waals surface area contributed by atoms with Gasteiger partial charge < -0.3 is 4.74 Å². The minimum Gasteiger partial charge on any atom is -0.364 e. The molecular formula is C8H12N2O2. The second kappa shape index (κ2) is 2.79.